The van der Waals surface area contributed by atoms with Crippen molar-refractivity contribution in [3.05, 3.63) is 79.9 Å². The normalized spacial score (nSPS) is 12.9. The summed E-state index contributed by atoms with van der Waals surface area (Å²) in [7, 11) is 0. The first-order valence-electron chi connectivity index (χ1n) is 13.1. The van der Waals surface area contributed by atoms with E-state index >= 15 is 0 Å². The van der Waals surface area contributed by atoms with Gasteiger partial charge in [-0.15, -0.1) is 0 Å². The molecule has 7 heteroatoms. The maximum absolute atomic E-state index is 11.8. The van der Waals surface area contributed by atoms with Crippen LogP contribution in [0.3, 0.4) is 0 Å². The van der Waals surface area contributed by atoms with E-state index in [-0.39, 0.29) is 21.2 Å². The molecule has 0 saturated carbocycles. The van der Waals surface area contributed by atoms with Gasteiger partial charge in [0.25, 0.3) is 11.4 Å². The van der Waals surface area contributed by atoms with Crippen LogP contribution in [0.1, 0.15) is 114 Å². The number of hydrogen-bond donors (Lipinski definition) is 0. The molecule has 35 heavy (non-hydrogen) atoms. The van der Waals surface area contributed by atoms with Crippen LogP contribution in [0.4, 0.5) is 11.4 Å². The number of hydrogen-bond acceptors (Lipinski definition) is 5. The molecule has 0 heterocycles. The van der Waals surface area contributed by atoms with Gasteiger partial charge in [0.2, 0.25) is 0 Å². The molecule has 2 aromatic rings. The third-order valence-corrected chi connectivity index (χ3v) is 6.43. The van der Waals surface area contributed by atoms with E-state index in [1.807, 2.05) is 0 Å². The third-order valence-electron chi connectivity index (χ3n) is 6.43. The molecule has 0 radical (unpaired) electrons. The molecular formula is C28H40N2O5. The van der Waals surface area contributed by atoms with E-state index < -0.39 is 12.2 Å². The minimum Gasteiger partial charge on any atom is -0.365 e. The maximum atomic E-state index is 11.8. The number of nitro benzene ring substituents is 2. The average molecular weight is 485 g/mol. The predicted molar refractivity (Wildman–Crippen MR) is 140 cm³/mol. The van der Waals surface area contributed by atoms with Crippen LogP contribution in [0.2, 0.25) is 0 Å². The van der Waals surface area contributed by atoms with Crippen molar-refractivity contribution in [2.24, 2.45) is 0 Å². The average Bonchev–Trinajstić information content (AvgIpc) is 2.86. The van der Waals surface area contributed by atoms with Crippen molar-refractivity contribution in [3.8, 4) is 0 Å². The molecule has 0 N–H and O–H groups in total. The molecule has 0 amide bonds. The lowest BCUT2D eigenvalue weighted by atomic mass is 9.97. The molecule has 7 nitrogen and oxygen atoms in total. The van der Waals surface area contributed by atoms with Crippen LogP contribution >= 0.6 is 0 Å². The van der Waals surface area contributed by atoms with Gasteiger partial charge in [0, 0.05) is 12.1 Å². The first kappa shape index (κ1) is 28.4. The molecule has 0 aliphatic heterocycles. The first-order chi connectivity index (χ1) is 17.0. The van der Waals surface area contributed by atoms with Gasteiger partial charge >= 0.3 is 0 Å². The summed E-state index contributed by atoms with van der Waals surface area (Å²) >= 11 is 0. The summed E-state index contributed by atoms with van der Waals surface area (Å²) in [6, 6.07) is 13.4. The summed E-state index contributed by atoms with van der Waals surface area (Å²) in [5.41, 5.74) is 1.16. The Balaban J connectivity index is 2.34. The summed E-state index contributed by atoms with van der Waals surface area (Å²) < 4.78 is 6.61. The molecule has 0 saturated heterocycles. The fourth-order valence-electron chi connectivity index (χ4n) is 4.51. The summed E-state index contributed by atoms with van der Waals surface area (Å²) in [4.78, 5) is 22.8. The molecule has 192 valence electrons. The monoisotopic (exact) mass is 484 g/mol. The SMILES string of the molecule is CCCCCCCC(OC(CCCCCCC)c1ccccc1[N+](=O)[O-])c1ccccc1[N+](=O)[O-]. The van der Waals surface area contributed by atoms with Crippen LogP contribution in [-0.2, 0) is 4.74 Å². The highest BCUT2D eigenvalue weighted by atomic mass is 16.6. The van der Waals surface area contributed by atoms with Crippen LogP contribution in [-0.4, -0.2) is 9.85 Å². The van der Waals surface area contributed by atoms with Gasteiger partial charge in [-0.1, -0.05) is 102 Å². The second-order valence-corrected chi connectivity index (χ2v) is 9.15. The van der Waals surface area contributed by atoms with Gasteiger partial charge in [-0.05, 0) is 25.0 Å². The number of para-hydroxylation sites is 2. The molecule has 0 aliphatic carbocycles. The molecule has 2 rings (SSSR count). The quantitative estimate of drug-likeness (QED) is 0.119. The summed E-state index contributed by atoms with van der Waals surface area (Å²) in [5.74, 6) is 0. The number of ether oxygens (including phenoxy) is 1. The molecular weight excluding hydrogens is 444 g/mol. The van der Waals surface area contributed by atoms with Gasteiger partial charge in [0.1, 0.15) is 0 Å². The van der Waals surface area contributed by atoms with Gasteiger partial charge in [-0.3, -0.25) is 20.2 Å². The van der Waals surface area contributed by atoms with Crippen molar-refractivity contribution in [1.29, 1.82) is 0 Å². The number of rotatable bonds is 18. The van der Waals surface area contributed by atoms with E-state index in [0.29, 0.717) is 24.0 Å². The highest BCUT2D eigenvalue weighted by Crippen LogP contribution is 2.39. The maximum Gasteiger partial charge on any atom is 0.275 e. The van der Waals surface area contributed by atoms with Gasteiger partial charge in [-0.25, -0.2) is 0 Å². The van der Waals surface area contributed by atoms with Crippen LogP contribution in [0.25, 0.3) is 0 Å². The van der Waals surface area contributed by atoms with E-state index in [1.165, 1.54) is 12.1 Å². The number of nitrogens with zero attached hydrogens (tertiary/aromatic N) is 2. The van der Waals surface area contributed by atoms with Gasteiger partial charge in [0.05, 0.1) is 33.2 Å². The minimum absolute atomic E-state index is 0.0373. The van der Waals surface area contributed by atoms with Crippen molar-refractivity contribution in [1.82, 2.24) is 0 Å². The van der Waals surface area contributed by atoms with Crippen molar-refractivity contribution in [2.45, 2.75) is 103 Å². The van der Waals surface area contributed by atoms with Crippen LogP contribution < -0.4 is 0 Å². The molecule has 0 spiro atoms. The Kier molecular flexibility index (Phi) is 13.0. The molecule has 2 unspecified atom stereocenters. The Hall–Kier alpha value is -2.80. The lowest BCUT2D eigenvalue weighted by molar-refractivity contribution is -0.387. The van der Waals surface area contributed by atoms with Gasteiger partial charge in [-0.2, -0.15) is 0 Å². The predicted octanol–water partition coefficient (Wildman–Crippen LogP) is 9.02. The zero-order valence-corrected chi connectivity index (χ0v) is 21.2. The lowest BCUT2D eigenvalue weighted by Gasteiger charge is -2.26. The first-order valence-corrected chi connectivity index (χ1v) is 13.1. The minimum atomic E-state index is -0.501. The molecule has 2 aromatic carbocycles. The van der Waals surface area contributed by atoms with Crippen molar-refractivity contribution in [3.63, 3.8) is 0 Å². The van der Waals surface area contributed by atoms with E-state index in [0.717, 1.165) is 64.2 Å². The Morgan fingerprint density at radius 3 is 1.37 bits per heavy atom. The Bertz CT molecular complexity index is 844. The molecule has 0 aromatic heterocycles. The fourth-order valence-corrected chi connectivity index (χ4v) is 4.51. The van der Waals surface area contributed by atoms with Crippen LogP contribution in [0.15, 0.2) is 48.5 Å². The third kappa shape index (κ3) is 9.40. The van der Waals surface area contributed by atoms with E-state index in [2.05, 4.69) is 13.8 Å². The topological polar surface area (TPSA) is 95.5 Å². The van der Waals surface area contributed by atoms with Gasteiger partial charge < -0.3 is 4.74 Å². The van der Waals surface area contributed by atoms with E-state index in [9.17, 15) is 20.2 Å². The second-order valence-electron chi connectivity index (χ2n) is 9.15. The van der Waals surface area contributed by atoms with Crippen molar-refractivity contribution >= 4 is 11.4 Å². The summed E-state index contributed by atoms with van der Waals surface area (Å²) in [6.07, 6.45) is 10.9. The molecule has 2 atom stereocenters. The van der Waals surface area contributed by atoms with Crippen molar-refractivity contribution in [2.75, 3.05) is 0 Å². The largest absolute Gasteiger partial charge is 0.365 e. The Morgan fingerprint density at radius 1 is 0.629 bits per heavy atom. The van der Waals surface area contributed by atoms with Gasteiger partial charge in [0.15, 0.2) is 0 Å². The lowest BCUT2D eigenvalue weighted by Crippen LogP contribution is -2.14. The van der Waals surface area contributed by atoms with E-state index in [4.69, 9.17) is 4.74 Å². The van der Waals surface area contributed by atoms with Crippen LogP contribution in [0, 0.1) is 20.2 Å². The Labute approximate surface area is 209 Å². The zero-order valence-electron chi connectivity index (χ0n) is 21.2. The molecule has 0 fully saturated rings. The van der Waals surface area contributed by atoms with Crippen LogP contribution in [0.5, 0.6) is 0 Å². The van der Waals surface area contributed by atoms with Crippen molar-refractivity contribution < 1.29 is 14.6 Å². The fraction of sp³-hybridized carbons (Fsp3) is 0.571. The number of unbranched alkanes of at least 4 members (excludes halogenated alkanes) is 8. The Morgan fingerprint density at radius 2 is 1.00 bits per heavy atom. The number of benzene rings is 2. The summed E-state index contributed by atoms with van der Waals surface area (Å²) in [5, 5.41) is 23.5. The highest BCUT2D eigenvalue weighted by Gasteiger charge is 2.29. The highest BCUT2D eigenvalue weighted by molar-refractivity contribution is 5.43. The smallest absolute Gasteiger partial charge is 0.275 e. The standard InChI is InChI=1S/C28H40N2O5/c1-3-5-7-9-11-21-27(23-17-13-15-19-25(23)29(31)32)35-28(22-12-10-8-6-4-2)24-18-14-16-20-26(24)30(33)34/h13-20,27-28H,3-12,21-22H2,1-2H3. The zero-order chi connectivity index (χ0) is 25.5. The summed E-state index contributed by atoms with van der Waals surface area (Å²) in [6.45, 7) is 4.33. The molecule has 0 bridgehead atoms. The second kappa shape index (κ2) is 16.0. The number of nitro groups is 2. The molecule has 0 aliphatic rings. The van der Waals surface area contributed by atoms with E-state index in [1.54, 1.807) is 36.4 Å².